The first-order chi connectivity index (χ1) is 11.2. The van der Waals surface area contributed by atoms with Crippen LogP contribution in [0, 0.1) is 11.3 Å². The number of nitrogens with zero attached hydrogens (tertiary/aromatic N) is 2. The summed E-state index contributed by atoms with van der Waals surface area (Å²) >= 11 is 0. The van der Waals surface area contributed by atoms with E-state index in [9.17, 15) is 0 Å². The minimum Gasteiger partial charge on any atom is -0.493 e. The van der Waals surface area contributed by atoms with Crippen molar-refractivity contribution in [3.63, 3.8) is 0 Å². The zero-order valence-corrected chi connectivity index (χ0v) is 12.7. The summed E-state index contributed by atoms with van der Waals surface area (Å²) in [6.45, 7) is 0. The Kier molecular flexibility index (Phi) is 3.98. The van der Waals surface area contributed by atoms with Crippen LogP contribution in [0.2, 0.25) is 0 Å². The molecule has 0 N–H and O–H groups in total. The molecule has 0 amide bonds. The molecule has 2 aromatic carbocycles. The molecule has 0 aliphatic heterocycles. The van der Waals surface area contributed by atoms with Gasteiger partial charge in [0.1, 0.15) is 0 Å². The first kappa shape index (κ1) is 14.7. The van der Waals surface area contributed by atoms with E-state index >= 15 is 0 Å². The third-order valence-corrected chi connectivity index (χ3v) is 3.43. The van der Waals surface area contributed by atoms with Crippen LogP contribution in [-0.2, 0) is 0 Å². The number of ether oxygens (including phenoxy) is 2. The van der Waals surface area contributed by atoms with E-state index in [1.807, 2.05) is 30.3 Å². The molecule has 5 heteroatoms. The molecule has 114 valence electrons. The van der Waals surface area contributed by atoms with E-state index < -0.39 is 0 Å². The zero-order valence-electron chi connectivity index (χ0n) is 12.7. The van der Waals surface area contributed by atoms with Gasteiger partial charge in [-0.2, -0.15) is 5.26 Å². The second-order valence-corrected chi connectivity index (χ2v) is 4.79. The van der Waals surface area contributed by atoms with Crippen LogP contribution >= 0.6 is 0 Å². The second kappa shape index (κ2) is 6.24. The summed E-state index contributed by atoms with van der Waals surface area (Å²) in [4.78, 5) is 4.29. The van der Waals surface area contributed by atoms with Crippen molar-refractivity contribution < 1.29 is 13.9 Å². The van der Waals surface area contributed by atoms with Crippen molar-refractivity contribution in [1.29, 1.82) is 5.26 Å². The molecule has 23 heavy (non-hydrogen) atoms. The van der Waals surface area contributed by atoms with Crippen molar-refractivity contribution in [1.82, 2.24) is 4.98 Å². The molecule has 0 saturated heterocycles. The van der Waals surface area contributed by atoms with Crippen molar-refractivity contribution >= 4 is 0 Å². The summed E-state index contributed by atoms with van der Waals surface area (Å²) in [6, 6.07) is 14.7. The Morgan fingerprint density at radius 3 is 2.30 bits per heavy atom. The molecule has 0 aliphatic carbocycles. The molecule has 0 spiro atoms. The van der Waals surface area contributed by atoms with Gasteiger partial charge in [0.05, 0.1) is 32.0 Å². The maximum absolute atomic E-state index is 8.83. The van der Waals surface area contributed by atoms with Crippen LogP contribution in [0.4, 0.5) is 0 Å². The van der Waals surface area contributed by atoms with E-state index in [2.05, 4.69) is 11.1 Å². The Balaban J connectivity index is 1.93. The highest BCUT2D eigenvalue weighted by Gasteiger charge is 2.11. The standard InChI is InChI=1S/C18H14N2O3/c1-21-15-8-7-14(9-16(15)22-2)17-11-20-18(23-17)13-5-3-12(10-19)4-6-13/h3-9,11H,1-2H3. The molecule has 0 saturated carbocycles. The van der Waals surface area contributed by atoms with Crippen LogP contribution in [0.25, 0.3) is 22.8 Å². The number of hydrogen-bond donors (Lipinski definition) is 0. The van der Waals surface area contributed by atoms with Crippen molar-refractivity contribution in [2.75, 3.05) is 14.2 Å². The predicted molar refractivity (Wildman–Crippen MR) is 85.2 cm³/mol. The Morgan fingerprint density at radius 1 is 0.957 bits per heavy atom. The molecule has 0 radical (unpaired) electrons. The summed E-state index contributed by atoms with van der Waals surface area (Å²) in [7, 11) is 3.18. The summed E-state index contributed by atoms with van der Waals surface area (Å²) in [5, 5.41) is 8.83. The smallest absolute Gasteiger partial charge is 0.226 e. The molecule has 0 unspecified atom stereocenters. The fourth-order valence-corrected chi connectivity index (χ4v) is 2.22. The normalized spacial score (nSPS) is 10.1. The number of aromatic nitrogens is 1. The Labute approximate surface area is 133 Å². The van der Waals surface area contributed by atoms with Crippen LogP contribution in [-0.4, -0.2) is 19.2 Å². The van der Waals surface area contributed by atoms with E-state index in [4.69, 9.17) is 19.2 Å². The second-order valence-electron chi connectivity index (χ2n) is 4.79. The average molecular weight is 306 g/mol. The summed E-state index contributed by atoms with van der Waals surface area (Å²) in [6.07, 6.45) is 1.66. The molecular formula is C18H14N2O3. The molecule has 3 rings (SSSR count). The van der Waals surface area contributed by atoms with Crippen molar-refractivity contribution in [3.05, 3.63) is 54.2 Å². The number of oxazole rings is 1. The molecule has 0 atom stereocenters. The molecular weight excluding hydrogens is 292 g/mol. The minimum absolute atomic E-state index is 0.499. The van der Waals surface area contributed by atoms with Crippen LogP contribution < -0.4 is 9.47 Å². The maximum Gasteiger partial charge on any atom is 0.226 e. The fourth-order valence-electron chi connectivity index (χ4n) is 2.22. The largest absolute Gasteiger partial charge is 0.493 e. The summed E-state index contributed by atoms with van der Waals surface area (Å²) in [5.74, 6) is 2.41. The van der Waals surface area contributed by atoms with E-state index in [1.165, 1.54) is 0 Å². The predicted octanol–water partition coefficient (Wildman–Crippen LogP) is 3.90. The third kappa shape index (κ3) is 2.87. The first-order valence-corrected chi connectivity index (χ1v) is 6.94. The van der Waals surface area contributed by atoms with Gasteiger partial charge >= 0.3 is 0 Å². The van der Waals surface area contributed by atoms with E-state index in [0.29, 0.717) is 28.7 Å². The van der Waals surface area contributed by atoms with Gasteiger partial charge in [0, 0.05) is 11.1 Å². The number of benzene rings is 2. The van der Waals surface area contributed by atoms with Gasteiger partial charge in [0.25, 0.3) is 0 Å². The zero-order chi connectivity index (χ0) is 16.2. The Morgan fingerprint density at radius 2 is 1.65 bits per heavy atom. The minimum atomic E-state index is 0.499. The highest BCUT2D eigenvalue weighted by atomic mass is 16.5. The third-order valence-electron chi connectivity index (χ3n) is 3.43. The van der Waals surface area contributed by atoms with E-state index in [-0.39, 0.29) is 0 Å². The van der Waals surface area contributed by atoms with Crippen molar-refractivity contribution in [2.24, 2.45) is 0 Å². The molecule has 3 aromatic rings. The lowest BCUT2D eigenvalue weighted by atomic mass is 10.1. The van der Waals surface area contributed by atoms with Gasteiger partial charge in [-0.05, 0) is 42.5 Å². The van der Waals surface area contributed by atoms with Crippen LogP contribution in [0.5, 0.6) is 11.5 Å². The van der Waals surface area contributed by atoms with E-state index in [1.54, 1.807) is 32.5 Å². The first-order valence-electron chi connectivity index (χ1n) is 6.94. The summed E-state index contributed by atoms with van der Waals surface area (Å²) < 4.78 is 16.3. The van der Waals surface area contributed by atoms with Gasteiger partial charge in [0.15, 0.2) is 17.3 Å². The van der Waals surface area contributed by atoms with Gasteiger partial charge in [-0.25, -0.2) is 4.98 Å². The molecule has 0 aliphatic rings. The monoisotopic (exact) mass is 306 g/mol. The highest BCUT2D eigenvalue weighted by Crippen LogP contribution is 2.33. The molecule has 5 nitrogen and oxygen atoms in total. The fraction of sp³-hybridized carbons (Fsp3) is 0.111. The van der Waals surface area contributed by atoms with Crippen LogP contribution in [0.3, 0.4) is 0 Å². The lowest BCUT2D eigenvalue weighted by molar-refractivity contribution is 0.355. The van der Waals surface area contributed by atoms with Crippen LogP contribution in [0.1, 0.15) is 5.56 Å². The van der Waals surface area contributed by atoms with Gasteiger partial charge < -0.3 is 13.9 Å². The average Bonchev–Trinajstić information content (AvgIpc) is 3.11. The molecule has 1 heterocycles. The Hall–Kier alpha value is -3.26. The topological polar surface area (TPSA) is 68.3 Å². The number of hydrogen-bond acceptors (Lipinski definition) is 5. The number of rotatable bonds is 4. The van der Waals surface area contributed by atoms with Crippen molar-refractivity contribution in [2.45, 2.75) is 0 Å². The van der Waals surface area contributed by atoms with Crippen molar-refractivity contribution in [3.8, 4) is 40.3 Å². The van der Waals surface area contributed by atoms with Gasteiger partial charge in [0.2, 0.25) is 5.89 Å². The quantitative estimate of drug-likeness (QED) is 0.731. The molecule has 0 bridgehead atoms. The van der Waals surface area contributed by atoms with Gasteiger partial charge in [-0.1, -0.05) is 0 Å². The van der Waals surface area contributed by atoms with Gasteiger partial charge in [-0.15, -0.1) is 0 Å². The van der Waals surface area contributed by atoms with E-state index in [0.717, 1.165) is 11.1 Å². The lowest BCUT2D eigenvalue weighted by Gasteiger charge is -2.08. The number of methoxy groups -OCH3 is 2. The highest BCUT2D eigenvalue weighted by molar-refractivity contribution is 5.64. The lowest BCUT2D eigenvalue weighted by Crippen LogP contribution is -1.90. The Bertz CT molecular complexity index is 861. The summed E-state index contributed by atoms with van der Waals surface area (Å²) in [5.41, 5.74) is 2.26. The molecule has 1 aromatic heterocycles. The van der Waals surface area contributed by atoms with Gasteiger partial charge in [-0.3, -0.25) is 0 Å². The maximum atomic E-state index is 8.83. The van der Waals surface area contributed by atoms with Crippen LogP contribution in [0.15, 0.2) is 53.1 Å². The molecule has 0 fully saturated rings. The number of nitriles is 1. The SMILES string of the molecule is COc1ccc(-c2cnc(-c3ccc(C#N)cc3)o2)cc1OC.